The molecular weight excluding hydrogens is 272 g/mol. The van der Waals surface area contributed by atoms with Gasteiger partial charge >= 0.3 is 0 Å². The topological polar surface area (TPSA) is 33.3 Å². The van der Waals surface area contributed by atoms with Crippen LogP contribution in [0.3, 0.4) is 0 Å². The molecule has 0 aromatic heterocycles. The first-order valence-corrected chi connectivity index (χ1v) is 8.14. The molecule has 3 rings (SSSR count). The van der Waals surface area contributed by atoms with Gasteiger partial charge in [0.25, 0.3) is 0 Å². The van der Waals surface area contributed by atoms with Crippen LogP contribution in [0.15, 0.2) is 54.6 Å². The van der Waals surface area contributed by atoms with E-state index in [1.54, 1.807) is 0 Å². The van der Waals surface area contributed by atoms with Crippen molar-refractivity contribution in [1.82, 2.24) is 5.43 Å². The molecule has 1 aliphatic rings. The van der Waals surface area contributed by atoms with Crippen molar-refractivity contribution >= 4 is 5.69 Å². The summed E-state index contributed by atoms with van der Waals surface area (Å²) in [5.74, 6) is 0. The first-order chi connectivity index (χ1) is 10.9. The van der Waals surface area contributed by atoms with Crippen LogP contribution in [0.4, 0.5) is 5.69 Å². The number of hydrogen-bond acceptors (Lipinski definition) is 3. The van der Waals surface area contributed by atoms with Crippen molar-refractivity contribution in [2.75, 3.05) is 5.43 Å². The molecule has 0 unspecified atom stereocenters. The van der Waals surface area contributed by atoms with Crippen LogP contribution in [0, 0.1) is 0 Å². The fraction of sp³-hybridized carbons (Fsp3) is 0.368. The van der Waals surface area contributed by atoms with Gasteiger partial charge in [0.2, 0.25) is 0 Å². The van der Waals surface area contributed by atoms with Crippen molar-refractivity contribution in [3.8, 4) is 0 Å². The van der Waals surface area contributed by atoms with Crippen molar-refractivity contribution in [3.05, 3.63) is 65.7 Å². The highest BCUT2D eigenvalue weighted by molar-refractivity contribution is 5.41. The van der Waals surface area contributed by atoms with Crippen LogP contribution in [0.5, 0.6) is 0 Å². The number of benzene rings is 2. The number of hydrazine groups is 1. The van der Waals surface area contributed by atoms with Crippen LogP contribution in [0.2, 0.25) is 0 Å². The Kier molecular flexibility index (Phi) is 5.46. The number of hydrogen-bond donors (Lipinski definition) is 2. The minimum atomic E-state index is 0.462. The normalized spacial score (nSPS) is 15.1. The van der Waals surface area contributed by atoms with Gasteiger partial charge in [-0.1, -0.05) is 55.3 Å². The van der Waals surface area contributed by atoms with Gasteiger partial charge in [-0.2, -0.15) is 0 Å². The third kappa shape index (κ3) is 4.33. The summed E-state index contributed by atoms with van der Waals surface area (Å²) in [7, 11) is 0. The maximum Gasteiger partial charge on any atom is 0.0723 e. The van der Waals surface area contributed by atoms with E-state index in [4.69, 9.17) is 4.74 Å². The smallest absolute Gasteiger partial charge is 0.0723 e. The van der Waals surface area contributed by atoms with E-state index >= 15 is 0 Å². The molecule has 0 aliphatic heterocycles. The Morgan fingerprint density at radius 1 is 0.864 bits per heavy atom. The zero-order chi connectivity index (χ0) is 15.0. The highest BCUT2D eigenvalue weighted by Gasteiger charge is 2.15. The number of ether oxygens (including phenoxy) is 1. The van der Waals surface area contributed by atoms with Gasteiger partial charge in [0.05, 0.1) is 12.7 Å². The summed E-state index contributed by atoms with van der Waals surface area (Å²) in [4.78, 5) is 0. The van der Waals surface area contributed by atoms with Gasteiger partial charge in [0, 0.05) is 12.2 Å². The van der Waals surface area contributed by atoms with Gasteiger partial charge in [0.1, 0.15) is 0 Å². The largest absolute Gasteiger partial charge is 0.374 e. The molecule has 22 heavy (non-hydrogen) atoms. The Hall–Kier alpha value is -1.84. The molecule has 0 amide bonds. The summed E-state index contributed by atoms with van der Waals surface area (Å²) in [5.41, 5.74) is 10.1. The third-order valence-electron chi connectivity index (χ3n) is 4.18. The van der Waals surface area contributed by atoms with E-state index in [0.717, 1.165) is 12.2 Å². The molecule has 0 spiro atoms. The lowest BCUT2D eigenvalue weighted by Crippen LogP contribution is -2.21. The lowest BCUT2D eigenvalue weighted by Gasteiger charge is -2.15. The van der Waals surface area contributed by atoms with Gasteiger partial charge in [0.15, 0.2) is 0 Å². The Balaban J connectivity index is 1.51. The lowest BCUT2D eigenvalue weighted by molar-refractivity contribution is 0.0453. The Bertz CT molecular complexity index is 565. The molecule has 2 aromatic rings. The average Bonchev–Trinajstić information content (AvgIpc) is 3.08. The third-order valence-corrected chi connectivity index (χ3v) is 4.18. The van der Waals surface area contributed by atoms with Crippen molar-refractivity contribution < 1.29 is 4.74 Å². The van der Waals surface area contributed by atoms with Gasteiger partial charge in [-0.05, 0) is 36.1 Å². The van der Waals surface area contributed by atoms with Crippen LogP contribution in [-0.4, -0.2) is 6.10 Å². The van der Waals surface area contributed by atoms with Gasteiger partial charge in [-0.15, -0.1) is 0 Å². The molecule has 1 saturated carbocycles. The molecular formula is C19H24N2O. The van der Waals surface area contributed by atoms with E-state index in [9.17, 15) is 0 Å². The molecule has 116 valence electrons. The van der Waals surface area contributed by atoms with Gasteiger partial charge < -0.3 is 10.2 Å². The molecule has 3 nitrogen and oxygen atoms in total. The molecule has 1 aliphatic carbocycles. The SMILES string of the molecule is c1ccc(NNCc2ccccc2COC2CCCC2)cc1. The maximum absolute atomic E-state index is 6.05. The average molecular weight is 296 g/mol. The summed E-state index contributed by atoms with van der Waals surface area (Å²) in [5, 5.41) is 0. The van der Waals surface area contributed by atoms with E-state index < -0.39 is 0 Å². The van der Waals surface area contributed by atoms with Gasteiger partial charge in [-0.3, -0.25) is 0 Å². The van der Waals surface area contributed by atoms with Gasteiger partial charge in [-0.25, -0.2) is 5.43 Å². The van der Waals surface area contributed by atoms with E-state index in [1.807, 2.05) is 30.3 Å². The zero-order valence-corrected chi connectivity index (χ0v) is 12.9. The number of anilines is 1. The van der Waals surface area contributed by atoms with Crippen LogP contribution < -0.4 is 10.9 Å². The van der Waals surface area contributed by atoms with E-state index in [1.165, 1.54) is 36.8 Å². The van der Waals surface area contributed by atoms with Crippen LogP contribution in [-0.2, 0) is 17.9 Å². The van der Waals surface area contributed by atoms with Crippen molar-refractivity contribution in [2.24, 2.45) is 0 Å². The minimum absolute atomic E-state index is 0.462. The molecule has 2 aromatic carbocycles. The monoisotopic (exact) mass is 296 g/mol. The van der Waals surface area contributed by atoms with E-state index in [-0.39, 0.29) is 0 Å². The van der Waals surface area contributed by atoms with E-state index in [2.05, 4.69) is 35.1 Å². The zero-order valence-electron chi connectivity index (χ0n) is 12.9. The molecule has 0 atom stereocenters. The molecule has 0 heterocycles. The Morgan fingerprint density at radius 3 is 2.32 bits per heavy atom. The fourth-order valence-corrected chi connectivity index (χ4v) is 2.90. The van der Waals surface area contributed by atoms with Crippen LogP contribution >= 0.6 is 0 Å². The standard InChI is InChI=1S/C19H24N2O/c1-2-10-18(11-3-1)21-20-14-16-8-4-5-9-17(16)15-22-19-12-6-7-13-19/h1-5,8-11,19-21H,6-7,12-15H2. The summed E-state index contributed by atoms with van der Waals surface area (Å²) < 4.78 is 6.05. The molecule has 1 fully saturated rings. The van der Waals surface area contributed by atoms with Crippen molar-refractivity contribution in [2.45, 2.75) is 44.9 Å². The van der Waals surface area contributed by atoms with Crippen LogP contribution in [0.25, 0.3) is 0 Å². The summed E-state index contributed by atoms with van der Waals surface area (Å²) in [6, 6.07) is 18.6. The summed E-state index contributed by atoms with van der Waals surface area (Å²) in [6.07, 6.45) is 5.53. The molecule has 2 N–H and O–H groups in total. The highest BCUT2D eigenvalue weighted by Crippen LogP contribution is 2.22. The lowest BCUT2D eigenvalue weighted by atomic mass is 10.1. The second kappa shape index (κ2) is 7.97. The van der Waals surface area contributed by atoms with Crippen molar-refractivity contribution in [1.29, 1.82) is 0 Å². The fourth-order valence-electron chi connectivity index (χ4n) is 2.90. The second-order valence-electron chi connectivity index (χ2n) is 5.83. The highest BCUT2D eigenvalue weighted by atomic mass is 16.5. The number of rotatable bonds is 7. The Morgan fingerprint density at radius 2 is 1.55 bits per heavy atom. The number of para-hydroxylation sites is 1. The predicted molar refractivity (Wildman–Crippen MR) is 90.4 cm³/mol. The van der Waals surface area contributed by atoms with Crippen molar-refractivity contribution in [3.63, 3.8) is 0 Å². The second-order valence-corrected chi connectivity index (χ2v) is 5.83. The first kappa shape index (κ1) is 15.1. The summed E-state index contributed by atoms with van der Waals surface area (Å²) >= 11 is 0. The maximum atomic E-state index is 6.05. The summed E-state index contributed by atoms with van der Waals surface area (Å²) in [6.45, 7) is 1.49. The predicted octanol–water partition coefficient (Wildman–Crippen LogP) is 4.26. The molecule has 0 bridgehead atoms. The first-order valence-electron chi connectivity index (χ1n) is 8.14. The minimum Gasteiger partial charge on any atom is -0.374 e. The molecule has 0 saturated heterocycles. The molecule has 3 heteroatoms. The number of nitrogens with one attached hydrogen (secondary N) is 2. The Labute approximate surface area is 132 Å². The molecule has 0 radical (unpaired) electrons. The quantitative estimate of drug-likeness (QED) is 0.749. The van der Waals surface area contributed by atoms with E-state index in [0.29, 0.717) is 12.7 Å². The van der Waals surface area contributed by atoms with Crippen LogP contribution in [0.1, 0.15) is 36.8 Å².